The zero-order valence-corrected chi connectivity index (χ0v) is 7.92. The Balaban J connectivity index is 2.89. The van der Waals surface area contributed by atoms with Gasteiger partial charge in [-0.1, -0.05) is 20.8 Å². The summed E-state index contributed by atoms with van der Waals surface area (Å²) < 4.78 is 4.48. The lowest BCUT2D eigenvalue weighted by molar-refractivity contribution is -0.147. The maximum atomic E-state index is 11.6. The second-order valence-electron chi connectivity index (χ2n) is 4.12. The minimum absolute atomic E-state index is 0.259. The van der Waals surface area contributed by atoms with E-state index in [1.165, 1.54) is 0 Å². The Bertz CT molecular complexity index is 256. The van der Waals surface area contributed by atoms with E-state index in [1.54, 1.807) is 20.8 Å². The van der Waals surface area contributed by atoms with Crippen molar-refractivity contribution in [3.63, 3.8) is 0 Å². The van der Waals surface area contributed by atoms with Gasteiger partial charge in [0, 0.05) is 5.41 Å². The summed E-state index contributed by atoms with van der Waals surface area (Å²) in [5, 5.41) is 0. The molecule has 1 aliphatic rings. The van der Waals surface area contributed by atoms with Crippen LogP contribution in [0.1, 0.15) is 20.8 Å². The Labute approximate surface area is 76.3 Å². The smallest absolute Gasteiger partial charge is 0.324 e. The Hall–Kier alpha value is -1.19. The average molecular weight is 184 g/mol. The molecule has 4 heteroatoms. The molecule has 1 atom stereocenters. The molecule has 0 aromatic carbocycles. The van der Waals surface area contributed by atoms with E-state index >= 15 is 0 Å². The number of rotatable bonds is 1. The molecule has 1 rings (SSSR count). The van der Waals surface area contributed by atoms with Crippen molar-refractivity contribution in [2.75, 3.05) is 6.61 Å². The van der Waals surface area contributed by atoms with Crippen LogP contribution < -0.4 is 0 Å². The van der Waals surface area contributed by atoms with Crippen LogP contribution >= 0.6 is 0 Å². The SMILES string of the molecule is CC(C)(C)C(=O)C1C(=O)COC1=O. The molecule has 1 aliphatic heterocycles. The maximum Gasteiger partial charge on any atom is 0.324 e. The summed E-state index contributed by atoms with van der Waals surface area (Å²) >= 11 is 0. The largest absolute Gasteiger partial charge is 0.457 e. The molecule has 0 spiro atoms. The van der Waals surface area contributed by atoms with Crippen LogP contribution in [0.4, 0.5) is 0 Å². The van der Waals surface area contributed by atoms with E-state index < -0.39 is 23.1 Å². The molecule has 0 aromatic rings. The lowest BCUT2D eigenvalue weighted by Crippen LogP contribution is -2.34. The van der Waals surface area contributed by atoms with Gasteiger partial charge in [-0.05, 0) is 0 Å². The molecule has 0 aromatic heterocycles. The molecular weight excluding hydrogens is 172 g/mol. The number of Topliss-reactive ketones (excluding diaryl/α,β-unsaturated/α-hetero) is 2. The summed E-state index contributed by atoms with van der Waals surface area (Å²) in [6, 6.07) is 0. The Morgan fingerprint density at radius 2 is 1.92 bits per heavy atom. The normalized spacial score (nSPS) is 23.2. The van der Waals surface area contributed by atoms with Crippen LogP contribution in [0.25, 0.3) is 0 Å². The summed E-state index contributed by atoms with van der Waals surface area (Å²) in [6.07, 6.45) is 0. The minimum Gasteiger partial charge on any atom is -0.457 e. The fourth-order valence-electron chi connectivity index (χ4n) is 1.13. The predicted molar refractivity (Wildman–Crippen MR) is 43.9 cm³/mol. The van der Waals surface area contributed by atoms with Crippen LogP contribution in [0.15, 0.2) is 0 Å². The Morgan fingerprint density at radius 3 is 2.23 bits per heavy atom. The van der Waals surface area contributed by atoms with Gasteiger partial charge in [-0.2, -0.15) is 0 Å². The van der Waals surface area contributed by atoms with E-state index in [-0.39, 0.29) is 12.4 Å². The van der Waals surface area contributed by atoms with Gasteiger partial charge in [0.15, 0.2) is 24.1 Å². The van der Waals surface area contributed by atoms with Gasteiger partial charge in [0.05, 0.1) is 0 Å². The predicted octanol–water partition coefficient (Wildman–Crippen LogP) is 0.344. The molecular formula is C9H12O4. The highest BCUT2D eigenvalue weighted by atomic mass is 16.5. The van der Waals surface area contributed by atoms with E-state index in [0.717, 1.165) is 0 Å². The van der Waals surface area contributed by atoms with Crippen LogP contribution in [-0.4, -0.2) is 24.1 Å². The maximum absolute atomic E-state index is 11.6. The number of ketones is 2. The zero-order valence-electron chi connectivity index (χ0n) is 7.92. The fourth-order valence-corrected chi connectivity index (χ4v) is 1.13. The number of esters is 1. The monoisotopic (exact) mass is 184 g/mol. The summed E-state index contributed by atoms with van der Waals surface area (Å²) in [7, 11) is 0. The van der Waals surface area contributed by atoms with E-state index in [2.05, 4.69) is 4.74 Å². The minimum atomic E-state index is -1.18. The topological polar surface area (TPSA) is 60.4 Å². The number of ether oxygens (including phenoxy) is 1. The van der Waals surface area contributed by atoms with E-state index in [1.807, 2.05) is 0 Å². The van der Waals surface area contributed by atoms with Crippen molar-refractivity contribution < 1.29 is 19.1 Å². The number of carbonyl (C=O) groups excluding carboxylic acids is 3. The molecule has 1 heterocycles. The van der Waals surface area contributed by atoms with Gasteiger partial charge < -0.3 is 4.74 Å². The molecule has 1 fully saturated rings. The van der Waals surface area contributed by atoms with Gasteiger partial charge in [0.2, 0.25) is 0 Å². The molecule has 0 aliphatic carbocycles. The first kappa shape index (κ1) is 9.89. The van der Waals surface area contributed by atoms with Crippen molar-refractivity contribution in [1.29, 1.82) is 0 Å². The van der Waals surface area contributed by atoms with Gasteiger partial charge in [-0.15, -0.1) is 0 Å². The van der Waals surface area contributed by atoms with Crippen molar-refractivity contribution in [1.82, 2.24) is 0 Å². The highest BCUT2D eigenvalue weighted by Gasteiger charge is 2.44. The second-order valence-corrected chi connectivity index (χ2v) is 4.12. The first-order chi connectivity index (χ1) is 5.84. The van der Waals surface area contributed by atoms with Gasteiger partial charge in [0.1, 0.15) is 0 Å². The molecule has 0 bridgehead atoms. The molecule has 13 heavy (non-hydrogen) atoms. The van der Waals surface area contributed by atoms with Crippen molar-refractivity contribution >= 4 is 17.5 Å². The third kappa shape index (κ3) is 1.76. The first-order valence-electron chi connectivity index (χ1n) is 4.07. The van der Waals surface area contributed by atoms with Gasteiger partial charge in [-0.3, -0.25) is 14.4 Å². The quantitative estimate of drug-likeness (QED) is 0.435. The van der Waals surface area contributed by atoms with Gasteiger partial charge >= 0.3 is 5.97 Å². The summed E-state index contributed by atoms with van der Waals surface area (Å²) in [4.78, 5) is 33.7. The molecule has 4 nitrogen and oxygen atoms in total. The average Bonchev–Trinajstić information content (AvgIpc) is 2.28. The molecule has 0 N–H and O–H groups in total. The molecule has 1 saturated heterocycles. The lowest BCUT2D eigenvalue weighted by Gasteiger charge is -2.17. The highest BCUT2D eigenvalue weighted by Crippen LogP contribution is 2.24. The third-order valence-corrected chi connectivity index (χ3v) is 1.92. The van der Waals surface area contributed by atoms with Crippen LogP contribution in [0.3, 0.4) is 0 Å². The highest BCUT2D eigenvalue weighted by molar-refractivity contribution is 6.21. The molecule has 0 radical (unpaired) electrons. The summed E-state index contributed by atoms with van der Waals surface area (Å²) in [6.45, 7) is 4.77. The standard InChI is InChI=1S/C9H12O4/c1-9(2,3)7(11)6-5(10)4-13-8(6)12/h6H,4H2,1-3H3. The number of hydrogen-bond donors (Lipinski definition) is 0. The van der Waals surface area contributed by atoms with Gasteiger partial charge in [-0.25, -0.2) is 0 Å². The van der Waals surface area contributed by atoms with Crippen LogP contribution in [0.2, 0.25) is 0 Å². The van der Waals surface area contributed by atoms with Crippen molar-refractivity contribution in [3.05, 3.63) is 0 Å². The number of cyclic esters (lactones) is 1. The lowest BCUT2D eigenvalue weighted by atomic mass is 9.82. The van der Waals surface area contributed by atoms with Crippen LogP contribution in [0.5, 0.6) is 0 Å². The van der Waals surface area contributed by atoms with E-state index in [4.69, 9.17) is 0 Å². The third-order valence-electron chi connectivity index (χ3n) is 1.92. The number of carbonyl (C=O) groups is 3. The first-order valence-corrected chi connectivity index (χ1v) is 4.07. The Kier molecular flexibility index (Phi) is 2.24. The Morgan fingerprint density at radius 1 is 1.38 bits per heavy atom. The molecule has 1 unspecified atom stereocenters. The second kappa shape index (κ2) is 2.94. The molecule has 0 saturated carbocycles. The molecule has 72 valence electrons. The van der Waals surface area contributed by atoms with Crippen molar-refractivity contribution in [3.8, 4) is 0 Å². The number of hydrogen-bond acceptors (Lipinski definition) is 4. The van der Waals surface area contributed by atoms with Crippen molar-refractivity contribution in [2.24, 2.45) is 11.3 Å². The van der Waals surface area contributed by atoms with E-state index in [9.17, 15) is 14.4 Å². The summed E-state index contributed by atoms with van der Waals surface area (Å²) in [5.74, 6) is -2.67. The van der Waals surface area contributed by atoms with E-state index in [0.29, 0.717) is 0 Å². The van der Waals surface area contributed by atoms with Gasteiger partial charge in [0.25, 0.3) is 0 Å². The zero-order chi connectivity index (χ0) is 10.2. The summed E-state index contributed by atoms with van der Waals surface area (Å²) in [5.41, 5.74) is -0.677. The van der Waals surface area contributed by atoms with Crippen molar-refractivity contribution in [2.45, 2.75) is 20.8 Å². The molecule has 0 amide bonds. The van der Waals surface area contributed by atoms with Crippen LogP contribution in [-0.2, 0) is 19.1 Å². The fraction of sp³-hybridized carbons (Fsp3) is 0.667. The van der Waals surface area contributed by atoms with Crippen LogP contribution in [0, 0.1) is 11.3 Å².